The Hall–Kier alpha value is -2.78. The molecule has 1 aromatic rings. The van der Waals surface area contributed by atoms with E-state index in [0.29, 0.717) is 12.1 Å². The van der Waals surface area contributed by atoms with Gasteiger partial charge in [0.05, 0.1) is 16.9 Å². The molecular formula is C20H25F3N4O3. The van der Waals surface area contributed by atoms with E-state index >= 15 is 0 Å². The Morgan fingerprint density at radius 2 is 2.00 bits per heavy atom. The minimum Gasteiger partial charge on any atom is -0.376 e. The van der Waals surface area contributed by atoms with Crippen molar-refractivity contribution < 1.29 is 27.6 Å². The number of imide groups is 1. The fraction of sp³-hybridized carbons (Fsp3) is 0.550. The molecule has 2 unspecified atom stereocenters. The van der Waals surface area contributed by atoms with Crippen LogP contribution in [-0.2, 0) is 15.8 Å². The van der Waals surface area contributed by atoms with Gasteiger partial charge in [-0.25, -0.2) is 4.79 Å². The number of rotatable bonds is 4. The first-order valence-corrected chi connectivity index (χ1v) is 9.78. The number of halogens is 3. The van der Waals surface area contributed by atoms with Crippen LogP contribution in [0, 0.1) is 5.92 Å². The number of hydrogen-bond donors (Lipinski definition) is 2. The van der Waals surface area contributed by atoms with Gasteiger partial charge in [0.1, 0.15) is 12.1 Å². The Bertz CT molecular complexity index is 871. The maximum Gasteiger partial charge on any atom is 0.416 e. The monoisotopic (exact) mass is 426 g/mol. The topological polar surface area (TPSA) is 81.8 Å². The molecule has 2 aliphatic rings. The highest BCUT2D eigenvalue weighted by atomic mass is 19.4. The van der Waals surface area contributed by atoms with E-state index in [-0.39, 0.29) is 11.6 Å². The number of alkyl halides is 3. The first kappa shape index (κ1) is 21.9. The van der Waals surface area contributed by atoms with Gasteiger partial charge in [0, 0.05) is 14.1 Å². The molecule has 2 fully saturated rings. The zero-order chi connectivity index (χ0) is 22.3. The number of amides is 4. The van der Waals surface area contributed by atoms with Crippen LogP contribution >= 0.6 is 0 Å². The second-order valence-electron chi connectivity index (χ2n) is 8.11. The molecule has 2 N–H and O–H groups in total. The van der Waals surface area contributed by atoms with Crippen molar-refractivity contribution in [2.24, 2.45) is 5.92 Å². The van der Waals surface area contributed by atoms with Crippen LogP contribution in [0.5, 0.6) is 0 Å². The molecule has 1 saturated heterocycles. The van der Waals surface area contributed by atoms with Crippen molar-refractivity contribution in [1.82, 2.24) is 10.2 Å². The lowest BCUT2D eigenvalue weighted by Crippen LogP contribution is -2.54. The largest absolute Gasteiger partial charge is 0.416 e. The third-order valence-corrected chi connectivity index (χ3v) is 5.88. The van der Waals surface area contributed by atoms with Gasteiger partial charge in [-0.15, -0.1) is 0 Å². The molecule has 1 spiro atoms. The summed E-state index contributed by atoms with van der Waals surface area (Å²) in [6.45, 7) is 1.33. The molecule has 1 aliphatic heterocycles. The molecule has 1 saturated carbocycles. The number of urea groups is 1. The molecule has 30 heavy (non-hydrogen) atoms. The smallest absolute Gasteiger partial charge is 0.376 e. The van der Waals surface area contributed by atoms with Gasteiger partial charge in [-0.05, 0) is 37.0 Å². The minimum absolute atomic E-state index is 0.0485. The van der Waals surface area contributed by atoms with Crippen LogP contribution in [0.15, 0.2) is 18.2 Å². The number of hydrogen-bond acceptors (Lipinski definition) is 4. The van der Waals surface area contributed by atoms with Gasteiger partial charge in [-0.2, -0.15) is 13.2 Å². The number of carbonyl (C=O) groups excluding carboxylic acids is 3. The van der Waals surface area contributed by atoms with Crippen molar-refractivity contribution in [3.63, 3.8) is 0 Å². The van der Waals surface area contributed by atoms with E-state index < -0.39 is 41.7 Å². The van der Waals surface area contributed by atoms with Crippen LogP contribution in [0.3, 0.4) is 0 Å². The van der Waals surface area contributed by atoms with Gasteiger partial charge in [0.25, 0.3) is 5.91 Å². The van der Waals surface area contributed by atoms with Crippen LogP contribution in [0.25, 0.3) is 0 Å². The van der Waals surface area contributed by atoms with E-state index in [2.05, 4.69) is 10.6 Å². The number of nitrogens with zero attached hydrogens (tertiary/aromatic N) is 2. The summed E-state index contributed by atoms with van der Waals surface area (Å²) in [4.78, 5) is 40.3. The molecule has 164 valence electrons. The number of anilines is 2. The normalized spacial score (nSPS) is 24.2. The van der Waals surface area contributed by atoms with E-state index in [1.165, 1.54) is 6.07 Å². The maximum absolute atomic E-state index is 13.1. The van der Waals surface area contributed by atoms with Crippen LogP contribution in [0.2, 0.25) is 0 Å². The SMILES string of the molecule is CC1CCCCC12NC(=O)N(CC(=O)Nc1cc(C(F)(F)F)ccc1N(C)C)C2=O. The second-order valence-corrected chi connectivity index (χ2v) is 8.11. The van der Waals surface area contributed by atoms with Crippen LogP contribution in [0.1, 0.15) is 38.2 Å². The van der Waals surface area contributed by atoms with E-state index in [9.17, 15) is 27.6 Å². The summed E-state index contributed by atoms with van der Waals surface area (Å²) in [6, 6.07) is 2.37. The summed E-state index contributed by atoms with van der Waals surface area (Å²) < 4.78 is 39.2. The Morgan fingerprint density at radius 1 is 1.30 bits per heavy atom. The van der Waals surface area contributed by atoms with Gasteiger partial charge in [-0.1, -0.05) is 19.8 Å². The quantitative estimate of drug-likeness (QED) is 0.725. The lowest BCUT2D eigenvalue weighted by molar-refractivity contribution is -0.137. The zero-order valence-corrected chi connectivity index (χ0v) is 17.1. The van der Waals surface area contributed by atoms with E-state index in [1.54, 1.807) is 19.0 Å². The predicted molar refractivity (Wildman–Crippen MR) is 105 cm³/mol. The van der Waals surface area contributed by atoms with E-state index in [4.69, 9.17) is 0 Å². The predicted octanol–water partition coefficient (Wildman–Crippen LogP) is 3.21. The highest BCUT2D eigenvalue weighted by Crippen LogP contribution is 2.38. The van der Waals surface area contributed by atoms with E-state index in [1.807, 2.05) is 6.92 Å². The molecular weight excluding hydrogens is 401 g/mol. The summed E-state index contributed by atoms with van der Waals surface area (Å²) in [5.74, 6) is -1.26. The third-order valence-electron chi connectivity index (χ3n) is 5.88. The third kappa shape index (κ3) is 3.95. The van der Waals surface area contributed by atoms with Crippen LogP contribution in [-0.4, -0.2) is 48.9 Å². The van der Waals surface area contributed by atoms with Gasteiger partial charge >= 0.3 is 12.2 Å². The number of nitrogens with one attached hydrogen (secondary N) is 2. The average molecular weight is 426 g/mol. The van der Waals surface area contributed by atoms with Gasteiger partial charge in [0.15, 0.2) is 0 Å². The zero-order valence-electron chi connectivity index (χ0n) is 17.1. The van der Waals surface area contributed by atoms with Crippen molar-refractivity contribution in [3.05, 3.63) is 23.8 Å². The first-order valence-electron chi connectivity index (χ1n) is 9.78. The fourth-order valence-corrected chi connectivity index (χ4v) is 4.17. The van der Waals surface area contributed by atoms with Crippen molar-refractivity contribution in [2.45, 2.75) is 44.3 Å². The standard InChI is InChI=1S/C20H25F3N4O3/c1-12-6-4-5-9-19(12)17(29)27(18(30)25-19)11-16(28)24-14-10-13(20(21,22)23)7-8-15(14)26(2)3/h7-8,10,12H,4-6,9,11H2,1-3H3,(H,24,28)(H,25,30). The fourth-order valence-electron chi connectivity index (χ4n) is 4.17. The Labute approximate surface area is 172 Å². The van der Waals surface area contributed by atoms with Crippen molar-refractivity contribution in [2.75, 3.05) is 30.9 Å². The molecule has 1 aliphatic carbocycles. The van der Waals surface area contributed by atoms with Gasteiger partial charge < -0.3 is 15.5 Å². The lowest BCUT2D eigenvalue weighted by Gasteiger charge is -2.36. The number of benzene rings is 1. The molecule has 2 atom stereocenters. The summed E-state index contributed by atoms with van der Waals surface area (Å²) >= 11 is 0. The molecule has 3 rings (SSSR count). The molecule has 4 amide bonds. The molecule has 1 aromatic carbocycles. The molecule has 1 heterocycles. The summed E-state index contributed by atoms with van der Waals surface area (Å²) in [6.07, 6.45) is -1.50. The van der Waals surface area contributed by atoms with Crippen molar-refractivity contribution in [3.8, 4) is 0 Å². The lowest BCUT2D eigenvalue weighted by atomic mass is 9.73. The van der Waals surface area contributed by atoms with Crippen LogP contribution in [0.4, 0.5) is 29.3 Å². The Balaban J connectivity index is 1.79. The van der Waals surface area contributed by atoms with Crippen molar-refractivity contribution in [1.29, 1.82) is 0 Å². The number of carbonyl (C=O) groups is 3. The van der Waals surface area contributed by atoms with E-state index in [0.717, 1.165) is 36.3 Å². The molecule has 0 aromatic heterocycles. The second kappa shape index (κ2) is 7.81. The summed E-state index contributed by atoms with van der Waals surface area (Å²) in [7, 11) is 3.26. The minimum atomic E-state index is -4.57. The molecule has 10 heteroatoms. The Kier molecular flexibility index (Phi) is 5.70. The van der Waals surface area contributed by atoms with Gasteiger partial charge in [0.2, 0.25) is 5.91 Å². The average Bonchev–Trinajstić information content (AvgIpc) is 2.88. The first-order chi connectivity index (χ1) is 14.0. The molecule has 0 radical (unpaired) electrons. The Morgan fingerprint density at radius 3 is 2.60 bits per heavy atom. The van der Waals surface area contributed by atoms with Gasteiger partial charge in [-0.3, -0.25) is 14.5 Å². The molecule has 7 nitrogen and oxygen atoms in total. The summed E-state index contributed by atoms with van der Waals surface area (Å²) in [5.41, 5.74) is -1.59. The highest BCUT2D eigenvalue weighted by Gasteiger charge is 2.55. The maximum atomic E-state index is 13.1. The van der Waals surface area contributed by atoms with Crippen molar-refractivity contribution >= 4 is 29.2 Å². The van der Waals surface area contributed by atoms with Crippen LogP contribution < -0.4 is 15.5 Å². The summed E-state index contributed by atoms with van der Waals surface area (Å²) in [5, 5.41) is 5.17. The molecule has 0 bridgehead atoms. The highest BCUT2D eigenvalue weighted by molar-refractivity contribution is 6.10.